The minimum atomic E-state index is 0.771. The molecule has 3 heterocycles. The van der Waals surface area contributed by atoms with E-state index in [1.54, 1.807) is 17.7 Å². The Morgan fingerprint density at radius 3 is 3.25 bits per heavy atom. The van der Waals surface area contributed by atoms with E-state index in [1.165, 1.54) is 0 Å². The van der Waals surface area contributed by atoms with Gasteiger partial charge < -0.3 is 10.3 Å². The third-order valence-electron chi connectivity index (χ3n) is 2.32. The molecule has 5 nitrogen and oxygen atoms in total. The van der Waals surface area contributed by atoms with Crippen LogP contribution in [-0.2, 0) is 13.1 Å². The third kappa shape index (κ3) is 1.84. The second-order valence-electron chi connectivity index (χ2n) is 3.51. The molecule has 3 aromatic rings. The number of H-pyrrole nitrogens is 1. The molecule has 0 saturated heterocycles. The molecule has 0 aliphatic rings. The number of imidazole rings is 2. The summed E-state index contributed by atoms with van der Waals surface area (Å²) in [6, 6.07) is 0. The zero-order chi connectivity index (χ0) is 10.8. The van der Waals surface area contributed by atoms with Crippen LogP contribution in [0.2, 0.25) is 0 Å². The van der Waals surface area contributed by atoms with Crippen molar-refractivity contribution >= 4 is 16.3 Å². The van der Waals surface area contributed by atoms with Gasteiger partial charge in [0.2, 0.25) is 0 Å². The van der Waals surface area contributed by atoms with Crippen LogP contribution in [0.15, 0.2) is 30.3 Å². The van der Waals surface area contributed by atoms with Crippen molar-refractivity contribution in [3.05, 3.63) is 41.7 Å². The van der Waals surface area contributed by atoms with E-state index in [9.17, 15) is 0 Å². The zero-order valence-corrected chi connectivity index (χ0v) is 9.37. The first kappa shape index (κ1) is 9.56. The van der Waals surface area contributed by atoms with Gasteiger partial charge in [-0.25, -0.2) is 9.97 Å². The van der Waals surface area contributed by atoms with Gasteiger partial charge >= 0.3 is 0 Å². The van der Waals surface area contributed by atoms with Crippen LogP contribution in [0.1, 0.15) is 11.4 Å². The largest absolute Gasteiger partial charge is 0.347 e. The van der Waals surface area contributed by atoms with Crippen molar-refractivity contribution in [1.82, 2.24) is 24.7 Å². The number of aromatic amines is 1. The SMILES string of the molecule is c1ncc(CNCc2cn3ccsc3n2)[nH]1. The predicted octanol–water partition coefficient (Wildman–Crippen LogP) is 1.41. The molecular formula is C10H11N5S. The number of hydrogen-bond acceptors (Lipinski definition) is 4. The summed E-state index contributed by atoms with van der Waals surface area (Å²) in [7, 11) is 0. The summed E-state index contributed by atoms with van der Waals surface area (Å²) in [6.07, 6.45) is 7.57. The lowest BCUT2D eigenvalue weighted by molar-refractivity contribution is 0.672. The van der Waals surface area contributed by atoms with Crippen LogP contribution < -0.4 is 5.32 Å². The van der Waals surface area contributed by atoms with Gasteiger partial charge in [-0.15, -0.1) is 11.3 Å². The van der Waals surface area contributed by atoms with Gasteiger partial charge in [0, 0.05) is 42.8 Å². The van der Waals surface area contributed by atoms with E-state index in [1.807, 2.05) is 28.4 Å². The molecule has 0 saturated carbocycles. The molecule has 0 radical (unpaired) electrons. The molecule has 2 N–H and O–H groups in total. The summed E-state index contributed by atoms with van der Waals surface area (Å²) in [6.45, 7) is 1.55. The molecule has 0 unspecified atom stereocenters. The Balaban J connectivity index is 1.61. The molecule has 0 amide bonds. The van der Waals surface area contributed by atoms with E-state index in [4.69, 9.17) is 0 Å². The van der Waals surface area contributed by atoms with Crippen LogP contribution in [0.5, 0.6) is 0 Å². The highest BCUT2D eigenvalue weighted by molar-refractivity contribution is 7.15. The zero-order valence-electron chi connectivity index (χ0n) is 8.55. The normalized spacial score (nSPS) is 11.2. The molecule has 0 aromatic carbocycles. The summed E-state index contributed by atoms with van der Waals surface area (Å²) in [4.78, 5) is 12.5. The number of rotatable bonds is 4. The lowest BCUT2D eigenvalue weighted by atomic mass is 10.4. The van der Waals surface area contributed by atoms with Gasteiger partial charge in [-0.05, 0) is 0 Å². The Morgan fingerprint density at radius 2 is 2.44 bits per heavy atom. The maximum atomic E-state index is 4.48. The molecular weight excluding hydrogens is 222 g/mol. The number of thiazole rings is 1. The third-order valence-corrected chi connectivity index (χ3v) is 3.09. The Labute approximate surface area is 96.2 Å². The van der Waals surface area contributed by atoms with Gasteiger partial charge in [0.1, 0.15) is 0 Å². The van der Waals surface area contributed by atoms with Crippen LogP contribution in [0.4, 0.5) is 0 Å². The fraction of sp³-hybridized carbons (Fsp3) is 0.200. The van der Waals surface area contributed by atoms with Crippen molar-refractivity contribution in [2.24, 2.45) is 0 Å². The van der Waals surface area contributed by atoms with Crippen LogP contribution in [0.25, 0.3) is 4.96 Å². The minimum Gasteiger partial charge on any atom is -0.347 e. The van der Waals surface area contributed by atoms with Gasteiger partial charge in [0.25, 0.3) is 0 Å². The van der Waals surface area contributed by atoms with Crippen molar-refractivity contribution in [2.75, 3.05) is 0 Å². The Kier molecular flexibility index (Phi) is 2.43. The minimum absolute atomic E-state index is 0.771. The topological polar surface area (TPSA) is 58.0 Å². The van der Waals surface area contributed by atoms with Gasteiger partial charge in [-0.3, -0.25) is 4.40 Å². The maximum Gasteiger partial charge on any atom is 0.193 e. The van der Waals surface area contributed by atoms with Crippen molar-refractivity contribution in [3.63, 3.8) is 0 Å². The standard InChI is InChI=1S/C10H11N5S/c1-2-16-10-14-9(6-15(1)10)5-11-3-8-4-12-7-13-8/h1-2,4,6-7,11H,3,5H2,(H,12,13). The first-order valence-corrected chi connectivity index (χ1v) is 5.89. The number of hydrogen-bond donors (Lipinski definition) is 2. The fourth-order valence-corrected chi connectivity index (χ4v) is 2.29. The van der Waals surface area contributed by atoms with E-state index in [2.05, 4.69) is 20.3 Å². The fourth-order valence-electron chi connectivity index (χ4n) is 1.57. The summed E-state index contributed by atoms with van der Waals surface area (Å²) in [5.74, 6) is 0. The smallest absolute Gasteiger partial charge is 0.193 e. The van der Waals surface area contributed by atoms with E-state index in [0.717, 1.165) is 29.4 Å². The second kappa shape index (κ2) is 4.07. The monoisotopic (exact) mass is 233 g/mol. The summed E-state index contributed by atoms with van der Waals surface area (Å²) in [5, 5.41) is 5.34. The van der Waals surface area contributed by atoms with Crippen LogP contribution in [0, 0.1) is 0 Å². The van der Waals surface area contributed by atoms with Crippen molar-refractivity contribution in [3.8, 4) is 0 Å². The van der Waals surface area contributed by atoms with E-state index >= 15 is 0 Å². The van der Waals surface area contributed by atoms with E-state index < -0.39 is 0 Å². The van der Waals surface area contributed by atoms with Gasteiger partial charge in [0.05, 0.1) is 12.0 Å². The molecule has 0 fully saturated rings. The summed E-state index contributed by atoms with van der Waals surface area (Å²) in [5.41, 5.74) is 2.15. The molecule has 16 heavy (non-hydrogen) atoms. The van der Waals surface area contributed by atoms with Gasteiger partial charge in [-0.1, -0.05) is 0 Å². The lowest BCUT2D eigenvalue weighted by Gasteiger charge is -1.98. The molecule has 3 rings (SSSR count). The van der Waals surface area contributed by atoms with Crippen LogP contribution >= 0.6 is 11.3 Å². The molecule has 0 aliphatic heterocycles. The van der Waals surface area contributed by atoms with Gasteiger partial charge in [0.15, 0.2) is 4.96 Å². The van der Waals surface area contributed by atoms with Crippen LogP contribution in [-0.4, -0.2) is 19.4 Å². The predicted molar refractivity (Wildman–Crippen MR) is 62.2 cm³/mol. The molecule has 3 aromatic heterocycles. The number of nitrogens with zero attached hydrogens (tertiary/aromatic N) is 3. The van der Waals surface area contributed by atoms with Crippen molar-refractivity contribution < 1.29 is 0 Å². The highest BCUT2D eigenvalue weighted by atomic mass is 32.1. The Hall–Kier alpha value is -1.66. The number of nitrogens with one attached hydrogen (secondary N) is 2. The Morgan fingerprint density at radius 1 is 1.44 bits per heavy atom. The van der Waals surface area contributed by atoms with Crippen molar-refractivity contribution in [2.45, 2.75) is 13.1 Å². The summed E-state index contributed by atoms with van der Waals surface area (Å²) >= 11 is 1.65. The number of fused-ring (bicyclic) bond motifs is 1. The van der Waals surface area contributed by atoms with Gasteiger partial charge in [-0.2, -0.15) is 0 Å². The number of aromatic nitrogens is 4. The molecule has 0 spiro atoms. The highest BCUT2D eigenvalue weighted by Crippen LogP contribution is 2.11. The molecule has 0 atom stereocenters. The Bertz CT molecular complexity index is 536. The van der Waals surface area contributed by atoms with E-state index in [0.29, 0.717) is 0 Å². The molecule has 6 heteroatoms. The molecule has 82 valence electrons. The second-order valence-corrected chi connectivity index (χ2v) is 4.38. The lowest BCUT2D eigenvalue weighted by Crippen LogP contribution is -2.13. The first-order chi connectivity index (χ1) is 7.92. The highest BCUT2D eigenvalue weighted by Gasteiger charge is 2.01. The average molecular weight is 233 g/mol. The van der Waals surface area contributed by atoms with Crippen LogP contribution in [0.3, 0.4) is 0 Å². The molecule has 0 bridgehead atoms. The van der Waals surface area contributed by atoms with Crippen molar-refractivity contribution in [1.29, 1.82) is 0 Å². The summed E-state index contributed by atoms with van der Waals surface area (Å²) < 4.78 is 2.04. The molecule has 0 aliphatic carbocycles. The average Bonchev–Trinajstić information content (AvgIpc) is 2.91. The van der Waals surface area contributed by atoms with E-state index in [-0.39, 0.29) is 0 Å². The maximum absolute atomic E-state index is 4.48. The first-order valence-electron chi connectivity index (χ1n) is 5.01. The quantitative estimate of drug-likeness (QED) is 0.716.